The fourth-order valence-electron chi connectivity index (χ4n) is 6.05. The van der Waals surface area contributed by atoms with E-state index in [0.29, 0.717) is 5.56 Å². The second kappa shape index (κ2) is 8.93. The van der Waals surface area contributed by atoms with Crippen molar-refractivity contribution in [2.75, 3.05) is 0 Å². The van der Waals surface area contributed by atoms with Crippen LogP contribution in [-0.4, -0.2) is 0 Å². The fraction of sp³-hybridized carbons (Fsp3) is 0. The number of hydrogen-bond acceptors (Lipinski definition) is 1. The summed E-state index contributed by atoms with van der Waals surface area (Å²) in [5, 5.41) is 6.66. The molecule has 2 heteroatoms. The molecule has 188 valence electrons. The van der Waals surface area contributed by atoms with Gasteiger partial charge in [-0.2, -0.15) is 0 Å². The standard InChI is InChI=1S/C38H23FO/c39-35-16-8-15-29(24-9-2-1-3-10-24)38(35)32-19-18-28(30-13-6-7-14-31(30)32)27-17-20-36-33(22-27)34-21-25-11-4-5-12-26(25)23-37(34)40-36/h1-23H. The van der Waals surface area contributed by atoms with Gasteiger partial charge in [-0.1, -0.05) is 109 Å². The number of fused-ring (bicyclic) bond motifs is 5. The van der Waals surface area contributed by atoms with E-state index in [0.717, 1.165) is 60.5 Å². The molecule has 1 aromatic heterocycles. The number of rotatable bonds is 3. The molecule has 1 nitrogen and oxygen atoms in total. The molecule has 0 aliphatic rings. The van der Waals surface area contributed by atoms with E-state index >= 15 is 4.39 Å². The summed E-state index contributed by atoms with van der Waals surface area (Å²) >= 11 is 0. The Labute approximate surface area is 230 Å². The van der Waals surface area contributed by atoms with E-state index in [1.807, 2.05) is 54.6 Å². The molecule has 0 fully saturated rings. The highest BCUT2D eigenvalue weighted by Gasteiger charge is 2.17. The van der Waals surface area contributed by atoms with Crippen LogP contribution in [0.2, 0.25) is 0 Å². The van der Waals surface area contributed by atoms with E-state index in [2.05, 4.69) is 72.8 Å². The second-order valence-electron chi connectivity index (χ2n) is 10.2. The molecule has 0 radical (unpaired) electrons. The maximum atomic E-state index is 15.6. The molecule has 0 amide bonds. The van der Waals surface area contributed by atoms with Gasteiger partial charge in [0.2, 0.25) is 0 Å². The van der Waals surface area contributed by atoms with Crippen LogP contribution in [0, 0.1) is 5.82 Å². The molecule has 0 atom stereocenters. The van der Waals surface area contributed by atoms with Crippen LogP contribution in [0.25, 0.3) is 76.9 Å². The maximum absolute atomic E-state index is 15.6. The summed E-state index contributed by atoms with van der Waals surface area (Å²) < 4.78 is 21.8. The van der Waals surface area contributed by atoms with Gasteiger partial charge in [0.15, 0.2) is 0 Å². The van der Waals surface area contributed by atoms with E-state index < -0.39 is 0 Å². The van der Waals surface area contributed by atoms with Gasteiger partial charge in [-0.25, -0.2) is 4.39 Å². The van der Waals surface area contributed by atoms with Crippen molar-refractivity contribution < 1.29 is 8.81 Å². The molecule has 0 N–H and O–H groups in total. The quantitative estimate of drug-likeness (QED) is 0.228. The molecule has 0 unspecified atom stereocenters. The Kier molecular flexibility index (Phi) is 5.08. The summed E-state index contributed by atoms with van der Waals surface area (Å²) in [6, 6.07) is 46.9. The van der Waals surface area contributed by atoms with Crippen LogP contribution in [0.4, 0.5) is 4.39 Å². The Bertz CT molecular complexity index is 2220. The van der Waals surface area contributed by atoms with Crippen molar-refractivity contribution in [1.82, 2.24) is 0 Å². The van der Waals surface area contributed by atoms with E-state index in [9.17, 15) is 0 Å². The number of furan rings is 1. The van der Waals surface area contributed by atoms with Gasteiger partial charge in [-0.05, 0) is 79.7 Å². The molecule has 1 heterocycles. The van der Waals surface area contributed by atoms with Gasteiger partial charge in [-0.3, -0.25) is 0 Å². The zero-order chi connectivity index (χ0) is 26.6. The number of hydrogen-bond donors (Lipinski definition) is 0. The molecule has 0 aliphatic carbocycles. The zero-order valence-electron chi connectivity index (χ0n) is 21.6. The first-order valence-corrected chi connectivity index (χ1v) is 13.5. The lowest BCUT2D eigenvalue weighted by Gasteiger charge is -2.16. The molecular formula is C38H23FO. The van der Waals surface area contributed by atoms with Crippen molar-refractivity contribution in [2.45, 2.75) is 0 Å². The number of halogens is 1. The summed E-state index contributed by atoms with van der Waals surface area (Å²) in [5.74, 6) is -0.224. The van der Waals surface area contributed by atoms with E-state index in [1.165, 1.54) is 10.8 Å². The molecule has 0 aliphatic heterocycles. The summed E-state index contributed by atoms with van der Waals surface area (Å²) in [5.41, 5.74) is 7.36. The highest BCUT2D eigenvalue weighted by molar-refractivity contribution is 6.12. The second-order valence-corrected chi connectivity index (χ2v) is 10.2. The van der Waals surface area contributed by atoms with Crippen LogP contribution < -0.4 is 0 Å². The molecule has 0 saturated heterocycles. The van der Waals surface area contributed by atoms with Crippen molar-refractivity contribution in [2.24, 2.45) is 0 Å². The van der Waals surface area contributed by atoms with Crippen LogP contribution in [0.15, 0.2) is 144 Å². The maximum Gasteiger partial charge on any atom is 0.136 e. The summed E-state index contributed by atoms with van der Waals surface area (Å²) in [4.78, 5) is 0. The topological polar surface area (TPSA) is 13.1 Å². The molecule has 0 saturated carbocycles. The molecule has 8 aromatic rings. The lowest BCUT2D eigenvalue weighted by molar-refractivity contribution is 0.632. The minimum absolute atomic E-state index is 0.224. The van der Waals surface area contributed by atoms with Crippen LogP contribution in [0.3, 0.4) is 0 Å². The molecule has 0 bridgehead atoms. The molecule has 7 aromatic carbocycles. The molecule has 0 spiro atoms. The first-order valence-electron chi connectivity index (χ1n) is 13.5. The minimum atomic E-state index is -0.224. The van der Waals surface area contributed by atoms with E-state index in [4.69, 9.17) is 4.42 Å². The van der Waals surface area contributed by atoms with Crippen molar-refractivity contribution in [1.29, 1.82) is 0 Å². The van der Waals surface area contributed by atoms with Crippen molar-refractivity contribution >= 4 is 43.5 Å². The van der Waals surface area contributed by atoms with Gasteiger partial charge < -0.3 is 4.42 Å². The van der Waals surface area contributed by atoms with Gasteiger partial charge in [0.1, 0.15) is 17.0 Å². The predicted molar refractivity (Wildman–Crippen MR) is 165 cm³/mol. The third kappa shape index (κ3) is 3.54. The Morgan fingerprint density at radius 1 is 0.400 bits per heavy atom. The van der Waals surface area contributed by atoms with Crippen LogP contribution >= 0.6 is 0 Å². The Hall–Kier alpha value is -5.21. The van der Waals surface area contributed by atoms with Crippen LogP contribution in [0.1, 0.15) is 0 Å². The smallest absolute Gasteiger partial charge is 0.136 e. The molecule has 8 rings (SSSR count). The average Bonchev–Trinajstić information content (AvgIpc) is 3.36. The van der Waals surface area contributed by atoms with Crippen LogP contribution in [0.5, 0.6) is 0 Å². The third-order valence-electron chi connectivity index (χ3n) is 7.94. The lowest BCUT2D eigenvalue weighted by atomic mass is 9.88. The van der Waals surface area contributed by atoms with Gasteiger partial charge >= 0.3 is 0 Å². The van der Waals surface area contributed by atoms with Gasteiger partial charge in [0.05, 0.1) is 0 Å². The number of benzene rings is 7. The predicted octanol–water partition coefficient (Wildman–Crippen LogP) is 11.0. The SMILES string of the molecule is Fc1cccc(-c2ccccc2)c1-c1ccc(-c2ccc3oc4cc5ccccc5cc4c3c2)c2ccccc12. The van der Waals surface area contributed by atoms with Gasteiger partial charge in [-0.15, -0.1) is 0 Å². The fourth-order valence-corrected chi connectivity index (χ4v) is 6.05. The molecular weight excluding hydrogens is 491 g/mol. The average molecular weight is 515 g/mol. The highest BCUT2D eigenvalue weighted by Crippen LogP contribution is 2.42. The zero-order valence-corrected chi connectivity index (χ0v) is 21.6. The lowest BCUT2D eigenvalue weighted by Crippen LogP contribution is -1.92. The van der Waals surface area contributed by atoms with E-state index in [1.54, 1.807) is 12.1 Å². The van der Waals surface area contributed by atoms with Crippen LogP contribution in [-0.2, 0) is 0 Å². The molecule has 40 heavy (non-hydrogen) atoms. The first-order chi connectivity index (χ1) is 19.7. The first kappa shape index (κ1) is 22.7. The van der Waals surface area contributed by atoms with Crippen molar-refractivity contribution in [3.8, 4) is 33.4 Å². The summed E-state index contributed by atoms with van der Waals surface area (Å²) in [6.45, 7) is 0. The van der Waals surface area contributed by atoms with E-state index in [-0.39, 0.29) is 5.82 Å². The normalized spacial score (nSPS) is 11.6. The minimum Gasteiger partial charge on any atom is -0.456 e. The van der Waals surface area contributed by atoms with Crippen molar-refractivity contribution in [3.63, 3.8) is 0 Å². The summed E-state index contributed by atoms with van der Waals surface area (Å²) in [6.07, 6.45) is 0. The highest BCUT2D eigenvalue weighted by atomic mass is 19.1. The van der Waals surface area contributed by atoms with Gasteiger partial charge in [0, 0.05) is 16.3 Å². The van der Waals surface area contributed by atoms with Gasteiger partial charge in [0.25, 0.3) is 0 Å². The monoisotopic (exact) mass is 514 g/mol. The third-order valence-corrected chi connectivity index (χ3v) is 7.94. The Morgan fingerprint density at radius 3 is 1.90 bits per heavy atom. The largest absolute Gasteiger partial charge is 0.456 e. The Morgan fingerprint density at radius 2 is 1.07 bits per heavy atom. The van der Waals surface area contributed by atoms with Crippen molar-refractivity contribution in [3.05, 3.63) is 145 Å². The Balaban J connectivity index is 1.35. The summed E-state index contributed by atoms with van der Waals surface area (Å²) in [7, 11) is 0.